The fourth-order valence-corrected chi connectivity index (χ4v) is 3.39. The highest BCUT2D eigenvalue weighted by molar-refractivity contribution is 5.79. The number of amides is 1. The Hall–Kier alpha value is -1.35. The summed E-state index contributed by atoms with van der Waals surface area (Å²) in [6, 6.07) is 10.6. The number of carbonyl (C=O) groups is 1. The summed E-state index contributed by atoms with van der Waals surface area (Å²) < 4.78 is 0. The summed E-state index contributed by atoms with van der Waals surface area (Å²) in [5.74, 6) is 0.636. The summed E-state index contributed by atoms with van der Waals surface area (Å²) in [7, 11) is 0. The van der Waals surface area contributed by atoms with Crippen LogP contribution in [-0.2, 0) is 11.3 Å². The van der Waals surface area contributed by atoms with Crippen molar-refractivity contribution in [3.05, 3.63) is 35.9 Å². The molecule has 1 aromatic rings. The predicted octanol–water partition coefficient (Wildman–Crippen LogP) is 2.52. The van der Waals surface area contributed by atoms with Crippen molar-refractivity contribution in [1.82, 2.24) is 9.80 Å². The number of hydrogen-bond acceptors (Lipinski definition) is 2. The van der Waals surface area contributed by atoms with Crippen molar-refractivity contribution in [1.29, 1.82) is 0 Å². The third-order valence-corrected chi connectivity index (χ3v) is 4.54. The minimum atomic E-state index is 0.233. The Bertz CT molecular complexity index is 440. The second kappa shape index (κ2) is 6.40. The van der Waals surface area contributed by atoms with E-state index in [9.17, 15) is 4.79 Å². The van der Waals surface area contributed by atoms with Crippen molar-refractivity contribution in [3.8, 4) is 0 Å². The number of nitrogens with zero attached hydrogens (tertiary/aromatic N) is 2. The van der Waals surface area contributed by atoms with Crippen LogP contribution in [0.2, 0.25) is 0 Å². The molecule has 3 heteroatoms. The van der Waals surface area contributed by atoms with Gasteiger partial charge in [0.05, 0.1) is 5.92 Å². The minimum Gasteiger partial charge on any atom is -0.342 e. The van der Waals surface area contributed by atoms with Gasteiger partial charge in [-0.3, -0.25) is 9.69 Å². The molecule has 3 rings (SSSR count). The van der Waals surface area contributed by atoms with Crippen LogP contribution < -0.4 is 0 Å². The molecule has 20 heavy (non-hydrogen) atoms. The van der Waals surface area contributed by atoms with Crippen molar-refractivity contribution >= 4 is 5.91 Å². The molecule has 2 heterocycles. The van der Waals surface area contributed by atoms with Crippen LogP contribution in [0.4, 0.5) is 0 Å². The number of rotatable bonds is 3. The molecule has 0 saturated carbocycles. The Morgan fingerprint density at radius 3 is 2.55 bits per heavy atom. The molecule has 108 valence electrons. The second-order valence-corrected chi connectivity index (χ2v) is 6.09. The third kappa shape index (κ3) is 3.21. The summed E-state index contributed by atoms with van der Waals surface area (Å²) in [5.41, 5.74) is 1.35. The van der Waals surface area contributed by atoms with Crippen LogP contribution in [0.15, 0.2) is 30.3 Å². The average Bonchev–Trinajstić information content (AvgIpc) is 2.97. The van der Waals surface area contributed by atoms with Crippen LogP contribution in [0.1, 0.15) is 31.2 Å². The van der Waals surface area contributed by atoms with Crippen LogP contribution in [-0.4, -0.2) is 41.9 Å². The first-order valence-electron chi connectivity index (χ1n) is 7.88. The Labute approximate surface area is 121 Å². The van der Waals surface area contributed by atoms with E-state index in [1.807, 2.05) is 0 Å². The molecule has 1 aromatic carbocycles. The molecule has 2 aliphatic rings. The summed E-state index contributed by atoms with van der Waals surface area (Å²) in [5, 5.41) is 0. The summed E-state index contributed by atoms with van der Waals surface area (Å²) in [4.78, 5) is 17.0. The molecule has 0 aromatic heterocycles. The highest BCUT2D eigenvalue weighted by Crippen LogP contribution is 2.22. The van der Waals surface area contributed by atoms with E-state index in [0.29, 0.717) is 5.91 Å². The zero-order valence-electron chi connectivity index (χ0n) is 12.1. The topological polar surface area (TPSA) is 23.6 Å². The summed E-state index contributed by atoms with van der Waals surface area (Å²) >= 11 is 0. The smallest absolute Gasteiger partial charge is 0.227 e. The molecule has 0 radical (unpaired) electrons. The monoisotopic (exact) mass is 272 g/mol. The van der Waals surface area contributed by atoms with Gasteiger partial charge >= 0.3 is 0 Å². The van der Waals surface area contributed by atoms with Crippen molar-refractivity contribution in [2.45, 2.75) is 32.2 Å². The van der Waals surface area contributed by atoms with E-state index in [2.05, 4.69) is 40.1 Å². The van der Waals surface area contributed by atoms with Gasteiger partial charge in [-0.25, -0.2) is 0 Å². The van der Waals surface area contributed by atoms with Crippen molar-refractivity contribution in [2.75, 3.05) is 26.2 Å². The first-order chi connectivity index (χ1) is 9.83. The second-order valence-electron chi connectivity index (χ2n) is 6.09. The number of benzene rings is 1. The maximum absolute atomic E-state index is 12.5. The quantitative estimate of drug-likeness (QED) is 0.844. The van der Waals surface area contributed by atoms with Gasteiger partial charge in [0.1, 0.15) is 0 Å². The zero-order valence-corrected chi connectivity index (χ0v) is 12.1. The fourth-order valence-electron chi connectivity index (χ4n) is 3.39. The van der Waals surface area contributed by atoms with E-state index in [4.69, 9.17) is 0 Å². The molecule has 1 unspecified atom stereocenters. The molecule has 1 amide bonds. The van der Waals surface area contributed by atoms with Gasteiger partial charge in [-0.2, -0.15) is 0 Å². The van der Waals surface area contributed by atoms with Gasteiger partial charge in [0, 0.05) is 26.2 Å². The highest BCUT2D eigenvalue weighted by Gasteiger charge is 2.31. The fraction of sp³-hybridized carbons (Fsp3) is 0.588. The number of hydrogen-bond donors (Lipinski definition) is 0. The molecule has 2 fully saturated rings. The molecule has 2 aliphatic heterocycles. The van der Waals surface area contributed by atoms with Gasteiger partial charge in [-0.05, 0) is 37.8 Å². The molecule has 2 saturated heterocycles. The van der Waals surface area contributed by atoms with E-state index in [1.54, 1.807) is 0 Å². The highest BCUT2D eigenvalue weighted by atomic mass is 16.2. The molecule has 0 bridgehead atoms. The molecule has 3 nitrogen and oxygen atoms in total. The Morgan fingerprint density at radius 2 is 1.80 bits per heavy atom. The predicted molar refractivity (Wildman–Crippen MR) is 80.3 cm³/mol. The maximum Gasteiger partial charge on any atom is 0.227 e. The first-order valence-corrected chi connectivity index (χ1v) is 7.88. The lowest BCUT2D eigenvalue weighted by atomic mass is 10.0. The summed E-state index contributed by atoms with van der Waals surface area (Å²) in [6.07, 6.45) is 4.69. The molecule has 0 aliphatic carbocycles. The van der Waals surface area contributed by atoms with Gasteiger partial charge < -0.3 is 4.90 Å². The van der Waals surface area contributed by atoms with E-state index >= 15 is 0 Å². The van der Waals surface area contributed by atoms with Crippen molar-refractivity contribution in [3.63, 3.8) is 0 Å². The van der Waals surface area contributed by atoms with E-state index in [-0.39, 0.29) is 5.92 Å². The molecular weight excluding hydrogens is 248 g/mol. The van der Waals surface area contributed by atoms with Crippen LogP contribution in [0.3, 0.4) is 0 Å². The minimum absolute atomic E-state index is 0.233. The lowest BCUT2D eigenvalue weighted by molar-refractivity contribution is -0.136. The SMILES string of the molecule is O=C(C1CCN(Cc2ccccc2)C1)N1CCCCC1. The van der Waals surface area contributed by atoms with Crippen LogP contribution in [0.5, 0.6) is 0 Å². The van der Waals surface area contributed by atoms with E-state index in [1.165, 1.54) is 24.8 Å². The van der Waals surface area contributed by atoms with Gasteiger partial charge in [0.2, 0.25) is 5.91 Å². The van der Waals surface area contributed by atoms with Crippen LogP contribution >= 0.6 is 0 Å². The molecule has 0 N–H and O–H groups in total. The average molecular weight is 272 g/mol. The number of piperidine rings is 1. The molecule has 0 spiro atoms. The van der Waals surface area contributed by atoms with E-state index in [0.717, 1.165) is 39.1 Å². The Kier molecular flexibility index (Phi) is 4.36. The Balaban J connectivity index is 1.52. The van der Waals surface area contributed by atoms with Gasteiger partial charge in [-0.1, -0.05) is 30.3 Å². The van der Waals surface area contributed by atoms with Gasteiger partial charge in [0.25, 0.3) is 0 Å². The normalized spacial score (nSPS) is 24.0. The zero-order chi connectivity index (χ0) is 13.8. The lowest BCUT2D eigenvalue weighted by Crippen LogP contribution is -2.40. The van der Waals surface area contributed by atoms with Gasteiger partial charge in [0.15, 0.2) is 0 Å². The van der Waals surface area contributed by atoms with Crippen LogP contribution in [0, 0.1) is 5.92 Å². The largest absolute Gasteiger partial charge is 0.342 e. The number of likely N-dealkylation sites (tertiary alicyclic amines) is 2. The van der Waals surface area contributed by atoms with E-state index < -0.39 is 0 Å². The van der Waals surface area contributed by atoms with Gasteiger partial charge in [-0.15, -0.1) is 0 Å². The maximum atomic E-state index is 12.5. The first kappa shape index (κ1) is 13.6. The standard InChI is InChI=1S/C17H24N2O/c20-17(19-10-5-2-6-11-19)16-9-12-18(14-16)13-15-7-3-1-4-8-15/h1,3-4,7-8,16H,2,5-6,9-14H2. The summed E-state index contributed by atoms with van der Waals surface area (Å²) in [6.45, 7) is 4.93. The van der Waals surface area contributed by atoms with Crippen molar-refractivity contribution in [2.24, 2.45) is 5.92 Å². The lowest BCUT2D eigenvalue weighted by Gasteiger charge is -2.29. The number of carbonyl (C=O) groups excluding carboxylic acids is 1. The van der Waals surface area contributed by atoms with Crippen molar-refractivity contribution < 1.29 is 4.79 Å². The Morgan fingerprint density at radius 1 is 1.05 bits per heavy atom. The third-order valence-electron chi connectivity index (χ3n) is 4.54. The van der Waals surface area contributed by atoms with Crippen LogP contribution in [0.25, 0.3) is 0 Å². The molecular formula is C17H24N2O. The molecule has 1 atom stereocenters.